The zero-order valence-electron chi connectivity index (χ0n) is 19.6. The summed E-state index contributed by atoms with van der Waals surface area (Å²) in [6.07, 6.45) is 26.3. The maximum atomic E-state index is 10.4. The monoisotopic (exact) mass is 466 g/mol. The molecule has 3 nitrogen and oxygen atoms in total. The Morgan fingerprint density at radius 1 is 0.667 bits per heavy atom. The van der Waals surface area contributed by atoms with Gasteiger partial charge in [0.1, 0.15) is 0 Å². The van der Waals surface area contributed by atoms with Crippen molar-refractivity contribution >= 4 is 8.60 Å². The van der Waals surface area contributed by atoms with E-state index in [1.54, 1.807) is 0 Å². The van der Waals surface area contributed by atoms with Crippen molar-refractivity contribution in [1.82, 2.24) is 0 Å². The van der Waals surface area contributed by atoms with Gasteiger partial charge in [-0.1, -0.05) is 36.5 Å². The molecule has 0 spiro atoms. The van der Waals surface area contributed by atoms with E-state index in [9.17, 15) is 9.79 Å². The van der Waals surface area contributed by atoms with E-state index in [1.165, 1.54) is 44.9 Å². The normalized spacial score (nSPS) is 55.5. The van der Waals surface area contributed by atoms with E-state index in [2.05, 4.69) is 36.5 Å². The van der Waals surface area contributed by atoms with Gasteiger partial charge < -0.3 is 14.3 Å². The minimum Gasteiger partial charge on any atom is -0.328 e. The Bertz CT molecular complexity index is 873. The fourth-order valence-corrected chi connectivity index (χ4v) is 12.1. The highest BCUT2D eigenvalue weighted by atomic mass is 31.2. The van der Waals surface area contributed by atoms with E-state index in [0.29, 0.717) is 29.6 Å². The predicted molar refractivity (Wildman–Crippen MR) is 130 cm³/mol. The van der Waals surface area contributed by atoms with Crippen molar-refractivity contribution < 1.29 is 14.3 Å². The van der Waals surface area contributed by atoms with Gasteiger partial charge in [-0.05, 0) is 135 Å². The van der Waals surface area contributed by atoms with Gasteiger partial charge in [-0.25, -0.2) is 0 Å². The summed E-state index contributed by atoms with van der Waals surface area (Å²) in [5.74, 6) is 9.72. The molecular weight excluding hydrogens is 427 g/mol. The molecule has 4 heteroatoms. The van der Waals surface area contributed by atoms with Crippen LogP contribution in [0, 0.1) is 76.9 Å². The molecule has 8 aliphatic carbocycles. The third kappa shape index (κ3) is 3.01. The number of hydrogen-bond acceptors (Lipinski definition) is 3. The van der Waals surface area contributed by atoms with Crippen LogP contribution in [-0.2, 0) is 4.52 Å². The molecule has 0 amide bonds. The summed E-state index contributed by atoms with van der Waals surface area (Å²) >= 11 is 0. The summed E-state index contributed by atoms with van der Waals surface area (Å²) in [5.41, 5.74) is -0.336. The predicted octanol–water partition coefficient (Wildman–Crippen LogP) is 6.25. The largest absolute Gasteiger partial charge is 0.328 e. The number of allylic oxidation sites excluding steroid dienone is 6. The van der Waals surface area contributed by atoms with Crippen LogP contribution in [0.25, 0.3) is 0 Å². The average molecular weight is 467 g/mol. The van der Waals surface area contributed by atoms with E-state index in [4.69, 9.17) is 4.52 Å². The second-order valence-corrected chi connectivity index (χ2v) is 14.2. The highest BCUT2D eigenvalue weighted by Gasteiger charge is 2.65. The first-order valence-electron chi connectivity index (χ1n) is 14.0. The smallest absolute Gasteiger partial charge is 0.327 e. The molecule has 5 fully saturated rings. The molecule has 0 aromatic carbocycles. The Kier molecular flexibility index (Phi) is 4.57. The van der Waals surface area contributed by atoms with Crippen molar-refractivity contribution in [1.29, 1.82) is 0 Å². The van der Waals surface area contributed by atoms with Crippen LogP contribution in [0.1, 0.15) is 57.8 Å². The van der Waals surface area contributed by atoms with Gasteiger partial charge in [-0.2, -0.15) is 0 Å². The molecule has 13 atom stereocenters. The number of rotatable bonds is 7. The fraction of sp³-hybridized carbons (Fsp3) is 0.793. The van der Waals surface area contributed by atoms with Crippen molar-refractivity contribution in [2.24, 2.45) is 76.9 Å². The molecule has 0 aromatic rings. The summed E-state index contributed by atoms with van der Waals surface area (Å²) in [5, 5.41) is 0. The van der Waals surface area contributed by atoms with E-state index >= 15 is 0 Å². The summed E-state index contributed by atoms with van der Waals surface area (Å²) in [6, 6.07) is 0. The number of fused-ring (bicyclic) bond motifs is 13. The van der Waals surface area contributed by atoms with Gasteiger partial charge in [-0.3, -0.25) is 0 Å². The molecule has 8 bridgehead atoms. The molecule has 178 valence electrons. The molecule has 0 saturated heterocycles. The Morgan fingerprint density at radius 3 is 1.82 bits per heavy atom. The van der Waals surface area contributed by atoms with Gasteiger partial charge >= 0.3 is 8.60 Å². The molecule has 0 radical (unpaired) electrons. The SMILES string of the molecule is OP(O)OC(CC1CC2C=CC1C2)(CC1CC2C=CC1C2)C1CC2CC1C1C3C=CC(C3)C21. The first-order valence-corrected chi connectivity index (χ1v) is 15.1. The van der Waals surface area contributed by atoms with Gasteiger partial charge in [0.05, 0.1) is 5.60 Å². The Morgan fingerprint density at radius 2 is 1.27 bits per heavy atom. The van der Waals surface area contributed by atoms with Crippen LogP contribution < -0.4 is 0 Å². The maximum absolute atomic E-state index is 10.4. The minimum absolute atomic E-state index is 0.336. The van der Waals surface area contributed by atoms with Gasteiger partial charge in [0.25, 0.3) is 0 Å². The van der Waals surface area contributed by atoms with Crippen molar-refractivity contribution in [2.45, 2.75) is 63.4 Å². The fourth-order valence-electron chi connectivity index (χ4n) is 11.5. The first-order chi connectivity index (χ1) is 16.1. The molecule has 0 heterocycles. The molecule has 8 aliphatic rings. The highest BCUT2D eigenvalue weighted by molar-refractivity contribution is 7.39. The lowest BCUT2D eigenvalue weighted by molar-refractivity contribution is -0.0803. The molecule has 0 aliphatic heterocycles. The van der Waals surface area contributed by atoms with Crippen LogP contribution in [0.2, 0.25) is 0 Å². The van der Waals surface area contributed by atoms with E-state index < -0.39 is 8.60 Å². The third-order valence-corrected chi connectivity index (χ3v) is 12.8. The second-order valence-electron chi connectivity index (χ2n) is 13.5. The summed E-state index contributed by atoms with van der Waals surface area (Å²) in [4.78, 5) is 20.8. The van der Waals surface area contributed by atoms with Gasteiger partial charge in [0, 0.05) is 0 Å². The zero-order valence-corrected chi connectivity index (χ0v) is 20.5. The zero-order chi connectivity index (χ0) is 21.9. The summed E-state index contributed by atoms with van der Waals surface area (Å²) in [7, 11) is -2.34. The maximum Gasteiger partial charge on any atom is 0.327 e. The second kappa shape index (κ2) is 7.28. The van der Waals surface area contributed by atoms with Crippen LogP contribution in [0.4, 0.5) is 0 Å². The lowest BCUT2D eigenvalue weighted by Gasteiger charge is -2.50. The Hall–Kier alpha value is -0.470. The minimum atomic E-state index is -2.34. The summed E-state index contributed by atoms with van der Waals surface area (Å²) in [6.45, 7) is 0. The quantitative estimate of drug-likeness (QED) is 0.265. The number of hydrogen-bond donors (Lipinski definition) is 2. The lowest BCUT2D eigenvalue weighted by atomic mass is 9.61. The molecular formula is C29H39O3P. The van der Waals surface area contributed by atoms with Crippen LogP contribution in [0.5, 0.6) is 0 Å². The molecule has 2 N–H and O–H groups in total. The molecule has 0 aromatic heterocycles. The first kappa shape index (κ1) is 20.7. The van der Waals surface area contributed by atoms with Crippen molar-refractivity contribution in [3.8, 4) is 0 Å². The topological polar surface area (TPSA) is 49.7 Å². The van der Waals surface area contributed by atoms with Crippen molar-refractivity contribution in [2.75, 3.05) is 0 Å². The Labute approximate surface area is 199 Å². The van der Waals surface area contributed by atoms with Crippen molar-refractivity contribution in [3.05, 3.63) is 36.5 Å². The lowest BCUT2D eigenvalue weighted by Crippen LogP contribution is -2.49. The van der Waals surface area contributed by atoms with Gasteiger partial charge in [0.2, 0.25) is 0 Å². The van der Waals surface area contributed by atoms with E-state index in [0.717, 1.165) is 60.2 Å². The standard InChI is InChI=1S/C29H39O3P/c30-33(31)32-29(14-23-9-16-1-3-18(23)7-16,15-24-10-17-2-4-19(24)8-17)26-13-22-12-25(26)28-21-6-5-20(11-21)27(22)28/h1-6,16-28,30-31H,7-15H2. The average Bonchev–Trinajstić information content (AvgIpc) is 3.62. The van der Waals surface area contributed by atoms with Crippen LogP contribution in [0.3, 0.4) is 0 Å². The molecule has 5 saturated carbocycles. The van der Waals surface area contributed by atoms with Crippen LogP contribution in [0.15, 0.2) is 36.5 Å². The van der Waals surface area contributed by atoms with E-state index in [1.807, 2.05) is 0 Å². The van der Waals surface area contributed by atoms with Gasteiger partial charge in [0.15, 0.2) is 0 Å². The summed E-state index contributed by atoms with van der Waals surface area (Å²) < 4.78 is 6.55. The molecule has 8 rings (SSSR count). The van der Waals surface area contributed by atoms with E-state index in [-0.39, 0.29) is 5.60 Å². The van der Waals surface area contributed by atoms with Gasteiger partial charge in [-0.15, -0.1) is 0 Å². The van der Waals surface area contributed by atoms with Crippen LogP contribution in [-0.4, -0.2) is 15.4 Å². The highest BCUT2D eigenvalue weighted by Crippen LogP contribution is 2.70. The Balaban J connectivity index is 1.15. The van der Waals surface area contributed by atoms with Crippen LogP contribution >= 0.6 is 8.60 Å². The molecule has 13 unspecified atom stereocenters. The van der Waals surface area contributed by atoms with Crippen molar-refractivity contribution in [3.63, 3.8) is 0 Å². The molecule has 33 heavy (non-hydrogen) atoms. The third-order valence-electron chi connectivity index (χ3n) is 12.3.